The molecule has 5 heteroatoms. The van der Waals surface area contributed by atoms with Gasteiger partial charge in [0.15, 0.2) is 0 Å². The second-order valence-corrected chi connectivity index (χ2v) is 6.77. The van der Waals surface area contributed by atoms with E-state index in [9.17, 15) is 4.79 Å². The van der Waals surface area contributed by atoms with Crippen LogP contribution in [0.3, 0.4) is 0 Å². The average Bonchev–Trinajstić information content (AvgIpc) is 2.84. The Morgan fingerprint density at radius 2 is 2.14 bits per heavy atom. The molecule has 2 heterocycles. The first-order valence-corrected chi connectivity index (χ1v) is 8.13. The van der Waals surface area contributed by atoms with Crippen LogP contribution < -0.4 is 10.6 Å². The lowest BCUT2D eigenvalue weighted by Crippen LogP contribution is -2.38. The molecule has 1 atom stereocenters. The Balaban J connectivity index is 0.00000176. The van der Waals surface area contributed by atoms with Crippen molar-refractivity contribution in [1.82, 2.24) is 10.6 Å². The Bertz CT molecular complexity index is 649. The maximum Gasteiger partial charge on any atom is 0.261 e. The summed E-state index contributed by atoms with van der Waals surface area (Å²) in [5.41, 5.74) is 3.88. The molecule has 0 saturated carbocycles. The van der Waals surface area contributed by atoms with E-state index >= 15 is 0 Å². The highest BCUT2D eigenvalue weighted by Gasteiger charge is 2.20. The minimum atomic E-state index is 0. The number of thiophene rings is 1. The molecule has 0 fully saturated rings. The van der Waals surface area contributed by atoms with E-state index in [0.29, 0.717) is 6.54 Å². The fourth-order valence-corrected chi connectivity index (χ4v) is 3.69. The Morgan fingerprint density at radius 1 is 1.36 bits per heavy atom. The zero-order valence-electron chi connectivity index (χ0n) is 12.8. The highest BCUT2D eigenvalue weighted by molar-refractivity contribution is 7.14. The number of carbonyl (C=O) groups excluding carboxylic acids is 1. The lowest BCUT2D eigenvalue weighted by atomic mass is 9.94. The van der Waals surface area contributed by atoms with Gasteiger partial charge in [-0.05, 0) is 49.6 Å². The van der Waals surface area contributed by atoms with Gasteiger partial charge in [0.25, 0.3) is 5.91 Å². The van der Waals surface area contributed by atoms with Crippen LogP contribution in [0.2, 0.25) is 0 Å². The first-order chi connectivity index (χ1) is 10.1. The molecule has 1 aliphatic rings. The number of hydrogen-bond acceptors (Lipinski definition) is 3. The van der Waals surface area contributed by atoms with Crippen molar-refractivity contribution in [2.45, 2.75) is 26.3 Å². The summed E-state index contributed by atoms with van der Waals surface area (Å²) in [7, 11) is 0. The molecule has 3 nitrogen and oxygen atoms in total. The van der Waals surface area contributed by atoms with Gasteiger partial charge in [0.05, 0.1) is 4.88 Å². The van der Waals surface area contributed by atoms with Crippen molar-refractivity contribution in [1.29, 1.82) is 0 Å². The summed E-state index contributed by atoms with van der Waals surface area (Å²) in [5, 5.41) is 6.55. The summed E-state index contributed by atoms with van der Waals surface area (Å²) in [6.07, 6.45) is 1.06. The number of aryl methyl sites for hydroxylation is 2. The number of rotatable bonds is 3. The van der Waals surface area contributed by atoms with Gasteiger partial charge in [-0.25, -0.2) is 0 Å². The van der Waals surface area contributed by atoms with E-state index < -0.39 is 0 Å². The molecule has 1 unspecified atom stereocenters. The molecule has 118 valence electrons. The Hall–Kier alpha value is -1.36. The van der Waals surface area contributed by atoms with Gasteiger partial charge in [0.1, 0.15) is 0 Å². The van der Waals surface area contributed by atoms with Crippen molar-refractivity contribution in [3.63, 3.8) is 0 Å². The van der Waals surface area contributed by atoms with Gasteiger partial charge in [-0.3, -0.25) is 4.79 Å². The number of nitrogens with one attached hydrogen (secondary N) is 2. The molecule has 2 aromatic rings. The summed E-state index contributed by atoms with van der Waals surface area (Å²) in [5.74, 6) is 0.0288. The van der Waals surface area contributed by atoms with E-state index in [-0.39, 0.29) is 24.4 Å². The molecule has 3 rings (SSSR count). The van der Waals surface area contributed by atoms with Crippen molar-refractivity contribution >= 4 is 29.7 Å². The molecule has 1 aliphatic heterocycles. The summed E-state index contributed by atoms with van der Waals surface area (Å²) < 4.78 is 0. The van der Waals surface area contributed by atoms with Crippen molar-refractivity contribution in [2.24, 2.45) is 0 Å². The zero-order valence-corrected chi connectivity index (χ0v) is 14.4. The lowest BCUT2D eigenvalue weighted by Gasteiger charge is -2.27. The van der Waals surface area contributed by atoms with Gasteiger partial charge < -0.3 is 10.6 Å². The van der Waals surface area contributed by atoms with Crippen molar-refractivity contribution in [3.8, 4) is 0 Å². The van der Waals surface area contributed by atoms with Crippen LogP contribution in [0.4, 0.5) is 0 Å². The van der Waals surface area contributed by atoms with E-state index in [1.807, 2.05) is 13.0 Å². The number of fused-ring (bicyclic) bond motifs is 1. The molecule has 0 spiro atoms. The third kappa shape index (κ3) is 3.51. The molecule has 22 heavy (non-hydrogen) atoms. The quantitative estimate of drug-likeness (QED) is 0.902. The van der Waals surface area contributed by atoms with E-state index in [0.717, 1.165) is 17.8 Å². The molecule has 0 bridgehead atoms. The maximum absolute atomic E-state index is 12.2. The summed E-state index contributed by atoms with van der Waals surface area (Å²) >= 11 is 1.56. The van der Waals surface area contributed by atoms with Gasteiger partial charge in [-0.1, -0.05) is 24.3 Å². The van der Waals surface area contributed by atoms with Crippen LogP contribution in [0.5, 0.6) is 0 Å². The molecular formula is C17H21ClN2OS. The van der Waals surface area contributed by atoms with Crippen molar-refractivity contribution in [3.05, 3.63) is 56.8 Å². The summed E-state index contributed by atoms with van der Waals surface area (Å²) in [6, 6.07) is 10.6. The highest BCUT2D eigenvalue weighted by Crippen LogP contribution is 2.23. The highest BCUT2D eigenvalue weighted by atomic mass is 35.5. The molecule has 0 saturated heterocycles. The van der Waals surface area contributed by atoms with Crippen molar-refractivity contribution < 1.29 is 4.79 Å². The SMILES string of the molecule is Cc1cc(C(=O)NCC2NCCc3ccccc32)sc1C.Cl. The molecule has 1 aromatic carbocycles. The molecule has 1 amide bonds. The van der Waals surface area contributed by atoms with Crippen LogP contribution in [0.15, 0.2) is 30.3 Å². The number of halogens is 1. The summed E-state index contributed by atoms with van der Waals surface area (Å²) in [4.78, 5) is 14.2. The summed E-state index contributed by atoms with van der Waals surface area (Å²) in [6.45, 7) is 5.69. The van der Waals surface area contributed by atoms with E-state index in [1.165, 1.54) is 21.6 Å². The lowest BCUT2D eigenvalue weighted by molar-refractivity contribution is 0.0953. The Labute approximate surface area is 141 Å². The van der Waals surface area contributed by atoms with Crippen LogP contribution in [0, 0.1) is 13.8 Å². The Morgan fingerprint density at radius 3 is 2.86 bits per heavy atom. The second-order valence-electron chi connectivity index (χ2n) is 5.52. The normalized spacial score (nSPS) is 16.5. The predicted molar refractivity (Wildman–Crippen MR) is 94.3 cm³/mol. The first kappa shape index (κ1) is 17.0. The van der Waals surface area contributed by atoms with Crippen LogP contribution in [0.25, 0.3) is 0 Å². The van der Waals surface area contributed by atoms with Crippen LogP contribution in [0.1, 0.15) is 37.3 Å². The van der Waals surface area contributed by atoms with Gasteiger partial charge in [-0.2, -0.15) is 0 Å². The monoisotopic (exact) mass is 336 g/mol. The van der Waals surface area contributed by atoms with Crippen LogP contribution in [-0.2, 0) is 6.42 Å². The molecule has 0 radical (unpaired) electrons. The van der Waals surface area contributed by atoms with Gasteiger partial charge in [0.2, 0.25) is 0 Å². The van der Waals surface area contributed by atoms with Gasteiger partial charge in [-0.15, -0.1) is 23.7 Å². The zero-order chi connectivity index (χ0) is 14.8. The van der Waals surface area contributed by atoms with Crippen LogP contribution in [-0.4, -0.2) is 19.0 Å². The molecule has 0 aliphatic carbocycles. The third-order valence-electron chi connectivity index (χ3n) is 4.07. The molecule has 2 N–H and O–H groups in total. The minimum absolute atomic E-state index is 0. The predicted octanol–water partition coefficient (Wildman–Crippen LogP) is 3.40. The van der Waals surface area contributed by atoms with Crippen molar-refractivity contribution in [2.75, 3.05) is 13.1 Å². The molecule has 1 aromatic heterocycles. The number of benzene rings is 1. The van der Waals surface area contributed by atoms with E-state index in [4.69, 9.17) is 0 Å². The third-order valence-corrected chi connectivity index (χ3v) is 5.22. The second kappa shape index (κ2) is 7.27. The average molecular weight is 337 g/mol. The number of amides is 1. The molecular weight excluding hydrogens is 316 g/mol. The first-order valence-electron chi connectivity index (χ1n) is 7.31. The van der Waals surface area contributed by atoms with E-state index in [2.05, 4.69) is 41.8 Å². The number of carbonyl (C=O) groups is 1. The maximum atomic E-state index is 12.2. The Kier molecular flexibility index (Phi) is 5.62. The van der Waals surface area contributed by atoms with Crippen LogP contribution >= 0.6 is 23.7 Å². The smallest absolute Gasteiger partial charge is 0.261 e. The van der Waals surface area contributed by atoms with Gasteiger partial charge >= 0.3 is 0 Å². The van der Waals surface area contributed by atoms with E-state index in [1.54, 1.807) is 11.3 Å². The fraction of sp³-hybridized carbons (Fsp3) is 0.353. The number of hydrogen-bond donors (Lipinski definition) is 2. The fourth-order valence-electron chi connectivity index (χ4n) is 2.74. The standard InChI is InChI=1S/C17H20N2OS.ClH/c1-11-9-16(21-12(11)2)17(20)19-10-15-14-6-4-3-5-13(14)7-8-18-15;/h3-6,9,15,18H,7-8,10H2,1-2H3,(H,19,20);1H. The van der Waals surface area contributed by atoms with Gasteiger partial charge in [0, 0.05) is 17.5 Å². The largest absolute Gasteiger partial charge is 0.349 e. The minimum Gasteiger partial charge on any atom is -0.349 e. The topological polar surface area (TPSA) is 41.1 Å².